The van der Waals surface area contributed by atoms with E-state index in [9.17, 15) is 0 Å². The van der Waals surface area contributed by atoms with Crippen molar-refractivity contribution in [2.45, 2.75) is 25.9 Å². The minimum atomic E-state index is 0.460. The fourth-order valence-corrected chi connectivity index (χ4v) is 2.19. The molecule has 1 aromatic heterocycles. The summed E-state index contributed by atoms with van der Waals surface area (Å²) in [6, 6.07) is 2.96. The number of nitrogens with two attached hydrogens (primary N) is 1. The topological polar surface area (TPSA) is 70.3 Å². The van der Waals surface area contributed by atoms with E-state index >= 15 is 0 Å². The highest BCUT2D eigenvalue weighted by molar-refractivity contribution is 5.43. The third-order valence-corrected chi connectivity index (χ3v) is 3.45. The largest absolute Gasteiger partial charge is 0.353 e. The molecule has 0 saturated carbocycles. The Morgan fingerprint density at radius 2 is 2.00 bits per heavy atom. The Morgan fingerprint density at radius 3 is 2.59 bits per heavy atom. The first-order valence-corrected chi connectivity index (χ1v) is 5.88. The number of nitrogens with zero attached hydrogens (tertiary/aromatic N) is 4. The molecule has 0 aromatic carbocycles. The lowest BCUT2D eigenvalue weighted by Gasteiger charge is -2.42. The van der Waals surface area contributed by atoms with Crippen LogP contribution in [0.1, 0.15) is 13.8 Å². The number of aromatic nitrogens is 2. The molecule has 2 atom stereocenters. The van der Waals surface area contributed by atoms with Gasteiger partial charge in [-0.1, -0.05) is 0 Å². The first-order valence-electron chi connectivity index (χ1n) is 5.88. The Bertz CT molecular complexity index is 370. The number of hydrogen-bond acceptors (Lipinski definition) is 6. The number of rotatable bonds is 2. The molecule has 0 bridgehead atoms. The summed E-state index contributed by atoms with van der Waals surface area (Å²) in [6.07, 6.45) is 1.73. The van der Waals surface area contributed by atoms with Crippen molar-refractivity contribution in [2.24, 2.45) is 5.84 Å². The smallest absolute Gasteiger partial charge is 0.239 e. The van der Waals surface area contributed by atoms with Crippen molar-refractivity contribution in [1.29, 1.82) is 0 Å². The van der Waals surface area contributed by atoms with Crippen molar-refractivity contribution >= 4 is 11.8 Å². The van der Waals surface area contributed by atoms with Crippen LogP contribution in [-0.4, -0.2) is 47.1 Å². The van der Waals surface area contributed by atoms with E-state index < -0.39 is 0 Å². The molecule has 0 amide bonds. The van der Waals surface area contributed by atoms with Gasteiger partial charge >= 0.3 is 0 Å². The molecule has 17 heavy (non-hydrogen) atoms. The van der Waals surface area contributed by atoms with E-state index in [2.05, 4.69) is 46.1 Å². The Kier molecular flexibility index (Phi) is 3.44. The van der Waals surface area contributed by atoms with Crippen molar-refractivity contribution in [2.75, 3.05) is 30.5 Å². The quantitative estimate of drug-likeness (QED) is 0.568. The summed E-state index contributed by atoms with van der Waals surface area (Å²) < 4.78 is 0. The zero-order valence-corrected chi connectivity index (χ0v) is 10.6. The Balaban J connectivity index is 2.16. The normalized spacial score (nSPS) is 26.0. The monoisotopic (exact) mass is 236 g/mol. The Hall–Kier alpha value is -1.40. The van der Waals surface area contributed by atoms with Crippen LogP contribution >= 0.6 is 0 Å². The maximum absolute atomic E-state index is 5.32. The molecular formula is C11H20N6. The molecule has 0 spiro atoms. The molecule has 1 fully saturated rings. The highest BCUT2D eigenvalue weighted by Crippen LogP contribution is 2.19. The molecule has 0 radical (unpaired) electrons. The average Bonchev–Trinajstić information content (AvgIpc) is 2.35. The standard InChI is InChI=1S/C11H20N6/c1-8-6-17(7-9(2)16(8)3)10-4-5-13-11(14-10)15-12/h4-5,8-9H,6-7,12H2,1-3H3,(H,13,14,15). The first kappa shape index (κ1) is 12.1. The van der Waals surface area contributed by atoms with Crippen LogP contribution in [-0.2, 0) is 0 Å². The van der Waals surface area contributed by atoms with Crippen molar-refractivity contribution in [3.05, 3.63) is 12.3 Å². The van der Waals surface area contributed by atoms with E-state index in [4.69, 9.17) is 5.84 Å². The van der Waals surface area contributed by atoms with Gasteiger partial charge in [0.15, 0.2) is 0 Å². The SMILES string of the molecule is CC1CN(c2ccnc(NN)n2)CC(C)N1C. The number of nitrogen functional groups attached to an aromatic ring is 1. The summed E-state index contributed by atoms with van der Waals surface area (Å²) in [5.74, 6) is 6.71. The van der Waals surface area contributed by atoms with E-state index in [-0.39, 0.29) is 0 Å². The van der Waals surface area contributed by atoms with E-state index in [0.717, 1.165) is 18.9 Å². The van der Waals surface area contributed by atoms with Gasteiger partial charge in [-0.2, -0.15) is 4.98 Å². The maximum Gasteiger partial charge on any atom is 0.239 e. The minimum Gasteiger partial charge on any atom is -0.353 e. The third-order valence-electron chi connectivity index (χ3n) is 3.45. The minimum absolute atomic E-state index is 0.460. The number of hydrazine groups is 1. The molecule has 0 aliphatic carbocycles. The van der Waals surface area contributed by atoms with Crippen LogP contribution in [0.5, 0.6) is 0 Å². The molecule has 1 aliphatic rings. The van der Waals surface area contributed by atoms with Gasteiger partial charge in [-0.05, 0) is 27.0 Å². The van der Waals surface area contributed by atoms with Crippen molar-refractivity contribution in [3.8, 4) is 0 Å². The number of likely N-dealkylation sites (N-methyl/N-ethyl adjacent to an activating group) is 1. The summed E-state index contributed by atoms with van der Waals surface area (Å²) >= 11 is 0. The fourth-order valence-electron chi connectivity index (χ4n) is 2.19. The van der Waals surface area contributed by atoms with Crippen LogP contribution in [0.3, 0.4) is 0 Å². The maximum atomic E-state index is 5.32. The van der Waals surface area contributed by atoms with E-state index in [1.165, 1.54) is 0 Å². The second kappa shape index (κ2) is 4.85. The number of piperazine rings is 1. The number of anilines is 2. The molecule has 6 heteroatoms. The first-order chi connectivity index (χ1) is 8.11. The van der Waals surface area contributed by atoms with E-state index in [1.807, 2.05) is 6.07 Å². The van der Waals surface area contributed by atoms with Gasteiger partial charge in [0.1, 0.15) is 5.82 Å². The summed E-state index contributed by atoms with van der Waals surface area (Å²) in [6.45, 7) is 6.40. The summed E-state index contributed by atoms with van der Waals surface area (Å²) in [4.78, 5) is 13.1. The fraction of sp³-hybridized carbons (Fsp3) is 0.636. The van der Waals surface area contributed by atoms with Crippen molar-refractivity contribution < 1.29 is 0 Å². The lowest BCUT2D eigenvalue weighted by molar-refractivity contribution is 0.169. The molecule has 1 aromatic rings. The highest BCUT2D eigenvalue weighted by atomic mass is 15.3. The van der Waals surface area contributed by atoms with Gasteiger partial charge in [-0.3, -0.25) is 10.3 Å². The van der Waals surface area contributed by atoms with E-state index in [1.54, 1.807) is 6.20 Å². The lowest BCUT2D eigenvalue weighted by Crippen LogP contribution is -2.55. The second-order valence-electron chi connectivity index (χ2n) is 4.65. The van der Waals surface area contributed by atoms with Gasteiger partial charge in [-0.25, -0.2) is 10.8 Å². The molecular weight excluding hydrogens is 216 g/mol. The number of nitrogens with one attached hydrogen (secondary N) is 1. The van der Waals surface area contributed by atoms with Crippen LogP contribution in [0.15, 0.2) is 12.3 Å². The zero-order valence-electron chi connectivity index (χ0n) is 10.6. The Labute approximate surface area is 102 Å². The van der Waals surface area contributed by atoms with Gasteiger partial charge < -0.3 is 4.90 Å². The van der Waals surface area contributed by atoms with Gasteiger partial charge in [0.25, 0.3) is 0 Å². The predicted octanol–water partition coefficient (Wildman–Crippen LogP) is 0.291. The van der Waals surface area contributed by atoms with E-state index in [0.29, 0.717) is 18.0 Å². The number of hydrogen-bond donors (Lipinski definition) is 2. The zero-order chi connectivity index (χ0) is 12.4. The van der Waals surface area contributed by atoms with Crippen LogP contribution in [0, 0.1) is 0 Å². The van der Waals surface area contributed by atoms with Crippen LogP contribution < -0.4 is 16.2 Å². The third kappa shape index (κ3) is 2.48. The molecule has 3 N–H and O–H groups in total. The van der Waals surface area contributed by atoms with Crippen LogP contribution in [0.25, 0.3) is 0 Å². The average molecular weight is 236 g/mol. The molecule has 1 aliphatic heterocycles. The highest BCUT2D eigenvalue weighted by Gasteiger charge is 2.27. The molecule has 2 rings (SSSR count). The molecule has 1 saturated heterocycles. The summed E-state index contributed by atoms with van der Waals surface area (Å²) in [7, 11) is 2.17. The molecule has 94 valence electrons. The van der Waals surface area contributed by atoms with Gasteiger partial charge in [0.2, 0.25) is 5.95 Å². The molecule has 2 unspecified atom stereocenters. The van der Waals surface area contributed by atoms with Crippen LogP contribution in [0.4, 0.5) is 11.8 Å². The van der Waals surface area contributed by atoms with Crippen molar-refractivity contribution in [1.82, 2.24) is 14.9 Å². The lowest BCUT2D eigenvalue weighted by atomic mass is 10.1. The van der Waals surface area contributed by atoms with Gasteiger partial charge in [-0.15, -0.1) is 0 Å². The van der Waals surface area contributed by atoms with Gasteiger partial charge in [0.05, 0.1) is 0 Å². The summed E-state index contributed by atoms with van der Waals surface area (Å²) in [5.41, 5.74) is 2.48. The molecule has 2 heterocycles. The van der Waals surface area contributed by atoms with Crippen molar-refractivity contribution in [3.63, 3.8) is 0 Å². The second-order valence-corrected chi connectivity index (χ2v) is 4.65. The van der Waals surface area contributed by atoms with Gasteiger partial charge in [0, 0.05) is 31.4 Å². The predicted molar refractivity (Wildman–Crippen MR) is 68.7 cm³/mol. The van der Waals surface area contributed by atoms with Crippen LogP contribution in [0.2, 0.25) is 0 Å². The summed E-state index contributed by atoms with van der Waals surface area (Å²) in [5, 5.41) is 0. The molecule has 6 nitrogen and oxygen atoms in total. The Morgan fingerprint density at radius 1 is 1.35 bits per heavy atom.